The predicted octanol–water partition coefficient (Wildman–Crippen LogP) is 0.292. The van der Waals surface area contributed by atoms with Gasteiger partial charge in [0.2, 0.25) is 0 Å². The fourth-order valence-electron chi connectivity index (χ4n) is 1.48. The minimum Gasteiger partial charge on any atom is -0.387 e. The van der Waals surface area contributed by atoms with Crippen molar-refractivity contribution in [2.45, 2.75) is 25.5 Å². The van der Waals surface area contributed by atoms with E-state index in [1.807, 2.05) is 0 Å². The maximum Gasteiger partial charge on any atom is 0.145 e. The SMILES string of the molecule is Nc1cc2n(n1)CCCC2O. The van der Waals surface area contributed by atoms with E-state index < -0.39 is 0 Å². The summed E-state index contributed by atoms with van der Waals surface area (Å²) < 4.78 is 1.78. The second-order valence-electron chi connectivity index (χ2n) is 2.88. The van der Waals surface area contributed by atoms with E-state index in [0.29, 0.717) is 5.82 Å². The standard InChI is InChI=1S/C7H11N3O/c8-7-4-5-6(11)2-1-3-10(5)9-7/h4,6,11H,1-3H2,(H2,8,9). The highest BCUT2D eigenvalue weighted by Gasteiger charge is 2.18. The molecule has 0 radical (unpaired) electrons. The third-order valence-electron chi connectivity index (χ3n) is 2.02. The number of nitrogen functional groups attached to an aromatic ring is 1. The lowest BCUT2D eigenvalue weighted by Gasteiger charge is -2.18. The Hall–Kier alpha value is -1.03. The molecule has 0 aromatic carbocycles. The molecular formula is C7H11N3O. The lowest BCUT2D eigenvalue weighted by molar-refractivity contribution is 0.135. The summed E-state index contributed by atoms with van der Waals surface area (Å²) in [7, 11) is 0. The normalized spacial score (nSPS) is 23.2. The van der Waals surface area contributed by atoms with Crippen LogP contribution in [0, 0.1) is 0 Å². The van der Waals surface area contributed by atoms with Crippen molar-refractivity contribution in [2.75, 3.05) is 5.73 Å². The number of aryl methyl sites for hydroxylation is 1. The first-order chi connectivity index (χ1) is 5.27. The van der Waals surface area contributed by atoms with Crippen LogP contribution in [0.1, 0.15) is 24.6 Å². The smallest absolute Gasteiger partial charge is 0.145 e. The number of nitrogens with two attached hydrogens (primary N) is 1. The van der Waals surface area contributed by atoms with Gasteiger partial charge in [0.05, 0.1) is 11.8 Å². The van der Waals surface area contributed by atoms with Gasteiger partial charge in [-0.05, 0) is 12.8 Å². The van der Waals surface area contributed by atoms with Crippen molar-refractivity contribution >= 4 is 5.82 Å². The highest BCUT2D eigenvalue weighted by Crippen LogP contribution is 2.25. The van der Waals surface area contributed by atoms with Gasteiger partial charge in [-0.2, -0.15) is 5.10 Å². The summed E-state index contributed by atoms with van der Waals surface area (Å²) in [5.41, 5.74) is 6.33. The molecule has 2 heterocycles. The van der Waals surface area contributed by atoms with Gasteiger partial charge in [0.25, 0.3) is 0 Å². The molecule has 1 aliphatic heterocycles. The van der Waals surface area contributed by atoms with Crippen LogP contribution in [0.4, 0.5) is 5.82 Å². The maximum atomic E-state index is 9.46. The summed E-state index contributed by atoms with van der Waals surface area (Å²) in [6.45, 7) is 0.879. The van der Waals surface area contributed by atoms with Crippen LogP contribution in [0.3, 0.4) is 0 Å². The Morgan fingerprint density at radius 1 is 1.73 bits per heavy atom. The van der Waals surface area contributed by atoms with Crippen molar-refractivity contribution in [1.82, 2.24) is 9.78 Å². The van der Waals surface area contributed by atoms with Crippen molar-refractivity contribution in [1.29, 1.82) is 0 Å². The largest absolute Gasteiger partial charge is 0.387 e. The number of aromatic nitrogens is 2. The molecule has 0 spiro atoms. The van der Waals surface area contributed by atoms with E-state index in [9.17, 15) is 5.11 Å². The molecule has 0 saturated carbocycles. The van der Waals surface area contributed by atoms with Gasteiger partial charge in [0, 0.05) is 12.6 Å². The average Bonchev–Trinajstić information content (AvgIpc) is 2.31. The number of aliphatic hydroxyl groups excluding tert-OH is 1. The van der Waals surface area contributed by atoms with Crippen LogP contribution in [0.15, 0.2) is 6.07 Å². The van der Waals surface area contributed by atoms with Gasteiger partial charge in [0.1, 0.15) is 5.82 Å². The fraction of sp³-hybridized carbons (Fsp3) is 0.571. The molecule has 2 rings (SSSR count). The van der Waals surface area contributed by atoms with Gasteiger partial charge in [0.15, 0.2) is 0 Å². The van der Waals surface area contributed by atoms with Gasteiger partial charge in [-0.25, -0.2) is 0 Å². The van der Waals surface area contributed by atoms with Crippen LogP contribution in [0.25, 0.3) is 0 Å². The molecule has 3 N–H and O–H groups in total. The van der Waals surface area contributed by atoms with Crippen molar-refractivity contribution in [3.05, 3.63) is 11.8 Å². The quantitative estimate of drug-likeness (QED) is 0.563. The molecule has 1 aromatic heterocycles. The summed E-state index contributed by atoms with van der Waals surface area (Å²) >= 11 is 0. The number of rotatable bonds is 0. The molecule has 4 heteroatoms. The maximum absolute atomic E-state index is 9.46. The van der Waals surface area contributed by atoms with E-state index in [1.165, 1.54) is 0 Å². The minimum atomic E-state index is -0.367. The monoisotopic (exact) mass is 153 g/mol. The molecule has 0 fully saturated rings. The van der Waals surface area contributed by atoms with Gasteiger partial charge < -0.3 is 10.8 Å². The van der Waals surface area contributed by atoms with Crippen LogP contribution >= 0.6 is 0 Å². The number of hydrogen-bond acceptors (Lipinski definition) is 3. The molecule has 11 heavy (non-hydrogen) atoms. The summed E-state index contributed by atoms with van der Waals surface area (Å²) in [6.07, 6.45) is 1.44. The Labute approximate surface area is 64.6 Å². The van der Waals surface area contributed by atoms with Crippen LogP contribution < -0.4 is 5.73 Å². The van der Waals surface area contributed by atoms with Crippen molar-refractivity contribution in [2.24, 2.45) is 0 Å². The number of aliphatic hydroxyl groups is 1. The summed E-state index contributed by atoms with van der Waals surface area (Å²) in [6, 6.07) is 1.74. The number of nitrogens with zero attached hydrogens (tertiary/aromatic N) is 2. The van der Waals surface area contributed by atoms with Crippen molar-refractivity contribution in [3.63, 3.8) is 0 Å². The van der Waals surface area contributed by atoms with Gasteiger partial charge >= 0.3 is 0 Å². The first-order valence-electron chi connectivity index (χ1n) is 3.78. The van der Waals surface area contributed by atoms with E-state index in [0.717, 1.165) is 25.1 Å². The van der Waals surface area contributed by atoms with E-state index in [1.54, 1.807) is 10.7 Å². The molecule has 4 nitrogen and oxygen atoms in total. The second-order valence-corrected chi connectivity index (χ2v) is 2.88. The van der Waals surface area contributed by atoms with Gasteiger partial charge in [-0.15, -0.1) is 0 Å². The molecule has 0 saturated heterocycles. The summed E-state index contributed by atoms with van der Waals surface area (Å²) in [5, 5.41) is 13.5. The van der Waals surface area contributed by atoms with E-state index in [4.69, 9.17) is 5.73 Å². The van der Waals surface area contributed by atoms with E-state index in [2.05, 4.69) is 5.10 Å². The first kappa shape index (κ1) is 6.67. The summed E-state index contributed by atoms with van der Waals surface area (Å²) in [5.74, 6) is 0.501. The molecule has 1 atom stereocenters. The number of fused-ring (bicyclic) bond motifs is 1. The molecule has 1 unspecified atom stereocenters. The van der Waals surface area contributed by atoms with Crippen LogP contribution in [-0.4, -0.2) is 14.9 Å². The van der Waals surface area contributed by atoms with E-state index >= 15 is 0 Å². The van der Waals surface area contributed by atoms with E-state index in [-0.39, 0.29) is 6.10 Å². The minimum absolute atomic E-state index is 0.367. The Balaban J connectivity index is 2.43. The molecular weight excluding hydrogens is 142 g/mol. The lowest BCUT2D eigenvalue weighted by Crippen LogP contribution is -2.15. The fourth-order valence-corrected chi connectivity index (χ4v) is 1.48. The molecule has 60 valence electrons. The first-order valence-corrected chi connectivity index (χ1v) is 3.78. The number of hydrogen-bond donors (Lipinski definition) is 2. The lowest BCUT2D eigenvalue weighted by atomic mass is 10.1. The van der Waals surface area contributed by atoms with Crippen molar-refractivity contribution < 1.29 is 5.11 Å². The van der Waals surface area contributed by atoms with Crippen LogP contribution in [0.5, 0.6) is 0 Å². The third-order valence-corrected chi connectivity index (χ3v) is 2.02. The highest BCUT2D eigenvalue weighted by molar-refractivity contribution is 5.31. The zero-order valence-electron chi connectivity index (χ0n) is 6.20. The summed E-state index contributed by atoms with van der Waals surface area (Å²) in [4.78, 5) is 0. The zero-order chi connectivity index (χ0) is 7.84. The van der Waals surface area contributed by atoms with Gasteiger partial charge in [-0.1, -0.05) is 0 Å². The predicted molar refractivity (Wildman–Crippen MR) is 40.8 cm³/mol. The average molecular weight is 153 g/mol. The Kier molecular flexibility index (Phi) is 1.35. The third kappa shape index (κ3) is 0.991. The highest BCUT2D eigenvalue weighted by atomic mass is 16.3. The topological polar surface area (TPSA) is 64.1 Å². The Bertz CT molecular complexity index is 269. The second kappa shape index (κ2) is 2.23. The van der Waals surface area contributed by atoms with Crippen molar-refractivity contribution in [3.8, 4) is 0 Å². The van der Waals surface area contributed by atoms with Crippen LogP contribution in [-0.2, 0) is 6.54 Å². The molecule has 0 aliphatic carbocycles. The molecule has 0 bridgehead atoms. The van der Waals surface area contributed by atoms with Crippen LogP contribution in [0.2, 0.25) is 0 Å². The Morgan fingerprint density at radius 2 is 2.55 bits per heavy atom. The van der Waals surface area contributed by atoms with Gasteiger partial charge in [-0.3, -0.25) is 4.68 Å². The Morgan fingerprint density at radius 3 is 3.27 bits per heavy atom. The number of anilines is 1. The molecule has 1 aromatic rings. The molecule has 0 amide bonds. The molecule has 1 aliphatic rings. The zero-order valence-corrected chi connectivity index (χ0v) is 6.20.